The number of rotatable bonds is 7. The van der Waals surface area contributed by atoms with E-state index in [2.05, 4.69) is 0 Å². The minimum Gasteiger partial charge on any atom is -0.493 e. The normalized spacial score (nSPS) is 12.3. The Balaban J connectivity index is 2.14. The molecule has 0 saturated carbocycles. The molecular weight excluding hydrogens is 429 g/mol. The molecule has 1 unspecified atom stereocenters. The first-order valence-corrected chi connectivity index (χ1v) is 10.9. The fourth-order valence-electron chi connectivity index (χ4n) is 3.13. The summed E-state index contributed by atoms with van der Waals surface area (Å²) < 4.78 is 52.5. The zero-order valence-corrected chi connectivity index (χ0v) is 18.2. The lowest BCUT2D eigenvalue weighted by Crippen LogP contribution is -2.33. The van der Waals surface area contributed by atoms with Crippen molar-refractivity contribution in [3.05, 3.63) is 83.1 Å². The van der Waals surface area contributed by atoms with Crippen LogP contribution in [0, 0.1) is 5.82 Å². The van der Waals surface area contributed by atoms with Gasteiger partial charge in [0.1, 0.15) is 5.82 Å². The highest BCUT2D eigenvalue weighted by Gasteiger charge is 2.31. The largest absolute Gasteiger partial charge is 0.493 e. The molecule has 0 bridgehead atoms. The molecule has 3 aromatic rings. The molecule has 8 heteroatoms. The van der Waals surface area contributed by atoms with Crippen molar-refractivity contribution < 1.29 is 22.3 Å². The summed E-state index contributed by atoms with van der Waals surface area (Å²) in [5.41, 5.74) is 1.00. The quantitative estimate of drug-likeness (QED) is 0.481. The average Bonchev–Trinajstić information content (AvgIpc) is 2.74. The minimum absolute atomic E-state index is 0.0727. The predicted octanol–water partition coefficient (Wildman–Crippen LogP) is 5.45. The molecule has 0 radical (unpaired) electrons. The van der Waals surface area contributed by atoms with Gasteiger partial charge in [0.05, 0.1) is 30.8 Å². The van der Waals surface area contributed by atoms with Crippen LogP contribution in [0.1, 0.15) is 18.5 Å². The standard InChI is InChI=1S/C22H21ClFNO4S/c1-15(16-4-13-21(28-2)22(14-16)29-3)25(19-9-7-18(24)8-10-19)30(26,27)20-11-5-17(23)6-12-20/h4-15H,1-3H3. The van der Waals surface area contributed by atoms with Crippen LogP contribution in [0.5, 0.6) is 11.5 Å². The van der Waals surface area contributed by atoms with Gasteiger partial charge in [-0.2, -0.15) is 0 Å². The summed E-state index contributed by atoms with van der Waals surface area (Å²) in [6, 6.07) is 15.8. The highest BCUT2D eigenvalue weighted by Crippen LogP contribution is 2.37. The van der Waals surface area contributed by atoms with Crippen LogP contribution in [0.25, 0.3) is 0 Å². The summed E-state index contributed by atoms with van der Waals surface area (Å²) in [5, 5.41) is 0.426. The molecule has 0 saturated heterocycles. The number of hydrogen-bond donors (Lipinski definition) is 0. The number of ether oxygens (including phenoxy) is 2. The van der Waals surface area contributed by atoms with Gasteiger partial charge in [-0.25, -0.2) is 12.8 Å². The van der Waals surface area contributed by atoms with Gasteiger partial charge in [0.25, 0.3) is 10.0 Å². The highest BCUT2D eigenvalue weighted by molar-refractivity contribution is 7.92. The monoisotopic (exact) mass is 449 g/mol. The average molecular weight is 450 g/mol. The lowest BCUT2D eigenvalue weighted by molar-refractivity contribution is 0.354. The lowest BCUT2D eigenvalue weighted by Gasteiger charge is -2.31. The van der Waals surface area contributed by atoms with Gasteiger partial charge < -0.3 is 9.47 Å². The van der Waals surface area contributed by atoms with E-state index < -0.39 is 21.9 Å². The van der Waals surface area contributed by atoms with E-state index in [0.29, 0.717) is 27.8 Å². The van der Waals surface area contributed by atoms with Crippen molar-refractivity contribution >= 4 is 27.3 Å². The van der Waals surface area contributed by atoms with Crippen LogP contribution in [0.15, 0.2) is 71.6 Å². The Labute approximate surface area is 180 Å². The van der Waals surface area contributed by atoms with Gasteiger partial charge in [0, 0.05) is 5.02 Å². The molecule has 0 spiro atoms. The Kier molecular flexibility index (Phi) is 6.53. The lowest BCUT2D eigenvalue weighted by atomic mass is 10.1. The Morgan fingerprint density at radius 3 is 2.07 bits per heavy atom. The number of halogens is 2. The van der Waals surface area contributed by atoms with E-state index in [-0.39, 0.29) is 4.90 Å². The molecule has 0 aliphatic heterocycles. The van der Waals surface area contributed by atoms with Crippen LogP contribution < -0.4 is 13.8 Å². The molecule has 0 aliphatic carbocycles. The van der Waals surface area contributed by atoms with Gasteiger partial charge in [-0.1, -0.05) is 17.7 Å². The van der Waals surface area contributed by atoms with Crippen molar-refractivity contribution in [2.75, 3.05) is 18.5 Å². The Hall–Kier alpha value is -2.77. The van der Waals surface area contributed by atoms with E-state index in [0.717, 1.165) is 0 Å². The molecule has 0 aromatic heterocycles. The number of benzene rings is 3. The van der Waals surface area contributed by atoms with Gasteiger partial charge in [0.2, 0.25) is 0 Å². The van der Waals surface area contributed by atoms with Crippen molar-refractivity contribution in [1.82, 2.24) is 0 Å². The van der Waals surface area contributed by atoms with Gasteiger partial charge in [0.15, 0.2) is 11.5 Å². The van der Waals surface area contributed by atoms with E-state index in [9.17, 15) is 12.8 Å². The van der Waals surface area contributed by atoms with E-state index in [1.165, 1.54) is 67.1 Å². The first-order chi connectivity index (χ1) is 14.3. The Morgan fingerprint density at radius 2 is 1.50 bits per heavy atom. The van der Waals surface area contributed by atoms with Crippen LogP contribution >= 0.6 is 11.6 Å². The fraction of sp³-hybridized carbons (Fsp3) is 0.182. The molecule has 0 N–H and O–H groups in total. The third kappa shape index (κ3) is 4.37. The zero-order valence-electron chi connectivity index (χ0n) is 16.7. The summed E-state index contributed by atoms with van der Waals surface area (Å²) >= 11 is 5.92. The van der Waals surface area contributed by atoms with Gasteiger partial charge in [-0.15, -0.1) is 0 Å². The summed E-state index contributed by atoms with van der Waals surface area (Å²) in [4.78, 5) is 0.0727. The van der Waals surface area contributed by atoms with Crippen LogP contribution in [0.4, 0.5) is 10.1 Å². The third-order valence-corrected chi connectivity index (χ3v) is 6.86. The molecule has 0 heterocycles. The number of hydrogen-bond acceptors (Lipinski definition) is 4. The van der Waals surface area contributed by atoms with E-state index in [1.807, 2.05) is 0 Å². The smallest absolute Gasteiger partial charge is 0.264 e. The maximum Gasteiger partial charge on any atom is 0.264 e. The van der Waals surface area contributed by atoms with Gasteiger partial charge in [-0.05, 0) is 73.2 Å². The second-order valence-electron chi connectivity index (χ2n) is 6.52. The molecular formula is C22H21ClFNO4S. The first kappa shape index (κ1) is 21.9. The van der Waals surface area contributed by atoms with Crippen molar-refractivity contribution in [3.63, 3.8) is 0 Å². The molecule has 158 valence electrons. The Bertz CT molecular complexity index is 1120. The Morgan fingerprint density at radius 1 is 0.900 bits per heavy atom. The second-order valence-corrected chi connectivity index (χ2v) is 8.77. The van der Waals surface area contributed by atoms with Gasteiger partial charge >= 0.3 is 0 Å². The summed E-state index contributed by atoms with van der Waals surface area (Å²) in [6.07, 6.45) is 0. The number of methoxy groups -OCH3 is 2. The zero-order chi connectivity index (χ0) is 21.9. The fourth-order valence-corrected chi connectivity index (χ4v) is 4.90. The summed E-state index contributed by atoms with van der Waals surface area (Å²) in [5.74, 6) is 0.550. The van der Waals surface area contributed by atoms with E-state index in [1.54, 1.807) is 25.1 Å². The topological polar surface area (TPSA) is 55.8 Å². The van der Waals surface area contributed by atoms with Crippen LogP contribution in [0.3, 0.4) is 0 Å². The summed E-state index contributed by atoms with van der Waals surface area (Å²) in [6.45, 7) is 1.75. The van der Waals surface area contributed by atoms with E-state index >= 15 is 0 Å². The number of sulfonamides is 1. The van der Waals surface area contributed by atoms with Crippen LogP contribution in [-0.2, 0) is 10.0 Å². The molecule has 5 nitrogen and oxygen atoms in total. The van der Waals surface area contributed by atoms with Crippen LogP contribution in [0.2, 0.25) is 5.02 Å². The van der Waals surface area contributed by atoms with Gasteiger partial charge in [-0.3, -0.25) is 4.31 Å². The van der Waals surface area contributed by atoms with Crippen molar-refractivity contribution in [3.8, 4) is 11.5 Å². The SMILES string of the molecule is COc1ccc(C(C)N(c2ccc(F)cc2)S(=O)(=O)c2ccc(Cl)cc2)cc1OC. The molecule has 3 aromatic carbocycles. The van der Waals surface area contributed by atoms with Crippen molar-refractivity contribution in [2.45, 2.75) is 17.9 Å². The summed E-state index contributed by atoms with van der Waals surface area (Å²) in [7, 11) is -0.953. The maximum absolute atomic E-state index is 13.6. The number of anilines is 1. The number of nitrogens with zero attached hydrogens (tertiary/aromatic N) is 1. The highest BCUT2D eigenvalue weighted by atomic mass is 35.5. The molecule has 30 heavy (non-hydrogen) atoms. The second kappa shape index (κ2) is 8.93. The third-order valence-electron chi connectivity index (χ3n) is 4.69. The maximum atomic E-state index is 13.6. The molecule has 1 atom stereocenters. The molecule has 0 fully saturated rings. The molecule has 3 rings (SSSR count). The predicted molar refractivity (Wildman–Crippen MR) is 115 cm³/mol. The van der Waals surface area contributed by atoms with Crippen molar-refractivity contribution in [1.29, 1.82) is 0 Å². The van der Waals surface area contributed by atoms with Crippen molar-refractivity contribution in [2.24, 2.45) is 0 Å². The first-order valence-electron chi connectivity index (χ1n) is 9.05. The minimum atomic E-state index is -3.99. The molecule has 0 aliphatic rings. The van der Waals surface area contributed by atoms with E-state index in [4.69, 9.17) is 21.1 Å². The van der Waals surface area contributed by atoms with Crippen LogP contribution in [-0.4, -0.2) is 22.6 Å². The molecule has 0 amide bonds.